The number of nitrogens with zero attached hydrogens (tertiary/aromatic N) is 2. The molecule has 1 saturated carbocycles. The van der Waals surface area contributed by atoms with Crippen LogP contribution in [0.2, 0.25) is 0 Å². The first-order valence-electron chi connectivity index (χ1n) is 10.3. The van der Waals surface area contributed by atoms with E-state index in [0.29, 0.717) is 11.6 Å². The number of benzene rings is 1. The highest BCUT2D eigenvalue weighted by Gasteiger charge is 2.35. The molecule has 1 atom stereocenters. The minimum atomic E-state index is -0.250. The predicted molar refractivity (Wildman–Crippen MR) is 106 cm³/mol. The third kappa shape index (κ3) is 4.19. The number of carboxylic acid groups (broad SMARTS) is 1. The number of aromatic nitrogens is 2. The second-order valence-corrected chi connectivity index (χ2v) is 8.26. The van der Waals surface area contributed by atoms with Crippen LogP contribution in [0.4, 0.5) is 0 Å². The molecule has 0 spiro atoms. The van der Waals surface area contributed by atoms with Crippen LogP contribution in [0.5, 0.6) is 0 Å². The lowest BCUT2D eigenvalue weighted by Crippen LogP contribution is -2.57. The van der Waals surface area contributed by atoms with E-state index in [2.05, 4.69) is 38.6 Å². The lowest BCUT2D eigenvalue weighted by Gasteiger charge is -2.44. The van der Waals surface area contributed by atoms with E-state index in [1.54, 1.807) is 0 Å². The van der Waals surface area contributed by atoms with Gasteiger partial charge >= 0.3 is 0 Å². The molecular weight excluding hydrogens is 356 g/mol. The maximum atomic E-state index is 12.8. The molecule has 28 heavy (non-hydrogen) atoms. The Balaban J connectivity index is 0.000000604. The van der Waals surface area contributed by atoms with Gasteiger partial charge in [0.25, 0.3) is 12.4 Å². The zero-order valence-corrected chi connectivity index (χ0v) is 16.1. The maximum absolute atomic E-state index is 12.8. The van der Waals surface area contributed by atoms with Crippen molar-refractivity contribution < 1.29 is 14.7 Å². The topological polar surface area (TPSA) is 98.3 Å². The number of carbonyl (C=O) groups is 2. The molecular formula is C21H28N4O3. The molecule has 1 aliphatic carbocycles. The Morgan fingerprint density at radius 1 is 1.29 bits per heavy atom. The second-order valence-electron chi connectivity index (χ2n) is 8.26. The van der Waals surface area contributed by atoms with Crippen LogP contribution in [0, 0.1) is 11.8 Å². The van der Waals surface area contributed by atoms with E-state index in [1.807, 2.05) is 0 Å². The minimum absolute atomic E-state index is 0.0238. The minimum Gasteiger partial charge on any atom is -0.483 e. The molecule has 0 unspecified atom stereocenters. The summed E-state index contributed by atoms with van der Waals surface area (Å²) in [5.41, 5.74) is 2.83. The van der Waals surface area contributed by atoms with Gasteiger partial charge in [0, 0.05) is 18.0 Å². The van der Waals surface area contributed by atoms with Gasteiger partial charge in [-0.05, 0) is 68.3 Å². The van der Waals surface area contributed by atoms with Gasteiger partial charge < -0.3 is 15.3 Å². The maximum Gasteiger partial charge on any atom is 0.290 e. The molecule has 7 heteroatoms. The van der Waals surface area contributed by atoms with Crippen molar-refractivity contribution in [3.63, 3.8) is 0 Å². The molecule has 1 aromatic heterocycles. The summed E-state index contributed by atoms with van der Waals surface area (Å²) in [4.78, 5) is 23.7. The van der Waals surface area contributed by atoms with E-state index in [4.69, 9.17) is 9.90 Å². The standard InChI is InChI=1S/C20H26N4O.CH2O2/c25-20(21-18-12-24-9-7-15(18)8-10-24)19-16-11-14(4-3-13-1-2-13)5-6-17(16)22-23-19;2-1-3/h5-6,11,13,15,18H,1-4,7-10,12H2,(H,21,25)(H,22,23);1H,(H,2,3)/t18-;/m1./s1. The van der Waals surface area contributed by atoms with Crippen molar-refractivity contribution in [3.05, 3.63) is 29.5 Å². The van der Waals surface area contributed by atoms with E-state index in [0.717, 1.165) is 29.8 Å². The number of nitrogens with one attached hydrogen (secondary N) is 2. The largest absolute Gasteiger partial charge is 0.483 e. The molecule has 1 amide bonds. The van der Waals surface area contributed by atoms with Crippen molar-refractivity contribution in [3.8, 4) is 0 Å². The molecule has 3 aliphatic heterocycles. The second kappa shape index (κ2) is 8.31. The average Bonchev–Trinajstić information content (AvgIpc) is 3.45. The summed E-state index contributed by atoms with van der Waals surface area (Å²) >= 11 is 0. The highest BCUT2D eigenvalue weighted by Crippen LogP contribution is 2.34. The van der Waals surface area contributed by atoms with Gasteiger partial charge in [0.2, 0.25) is 0 Å². The number of hydrogen-bond donors (Lipinski definition) is 3. The van der Waals surface area contributed by atoms with Crippen LogP contribution in [0.25, 0.3) is 10.9 Å². The van der Waals surface area contributed by atoms with Crippen LogP contribution in [0.1, 0.15) is 48.2 Å². The summed E-state index contributed by atoms with van der Waals surface area (Å²) in [6.07, 6.45) is 7.56. The van der Waals surface area contributed by atoms with E-state index in [1.165, 1.54) is 50.8 Å². The van der Waals surface area contributed by atoms with Gasteiger partial charge in [-0.1, -0.05) is 18.9 Å². The average molecular weight is 384 g/mol. The molecule has 4 aliphatic rings. The Morgan fingerprint density at radius 3 is 2.68 bits per heavy atom. The summed E-state index contributed by atoms with van der Waals surface area (Å²) in [7, 11) is 0. The Hall–Kier alpha value is -2.41. The zero-order chi connectivity index (χ0) is 19.5. The summed E-state index contributed by atoms with van der Waals surface area (Å²) in [5, 5.41) is 18.5. The van der Waals surface area contributed by atoms with Gasteiger partial charge in [-0.25, -0.2) is 0 Å². The molecule has 2 aromatic rings. The van der Waals surface area contributed by atoms with Crippen LogP contribution in [0.3, 0.4) is 0 Å². The monoisotopic (exact) mass is 384 g/mol. The fourth-order valence-electron chi connectivity index (χ4n) is 4.53. The first-order valence-corrected chi connectivity index (χ1v) is 10.3. The van der Waals surface area contributed by atoms with Crippen LogP contribution in [-0.4, -0.2) is 58.3 Å². The molecule has 4 fully saturated rings. The SMILES string of the molecule is O=C(N[C@@H]1CN2CCC1CC2)c1n[nH]c2ccc(CCC3CC3)cc12.O=CO. The fourth-order valence-corrected chi connectivity index (χ4v) is 4.53. The molecule has 4 heterocycles. The van der Waals surface area contributed by atoms with Crippen LogP contribution < -0.4 is 5.32 Å². The predicted octanol–water partition coefficient (Wildman–Crippen LogP) is 2.43. The zero-order valence-electron chi connectivity index (χ0n) is 16.1. The van der Waals surface area contributed by atoms with Gasteiger partial charge in [-0.2, -0.15) is 5.10 Å². The normalized spacial score (nSPS) is 25.8. The first-order chi connectivity index (χ1) is 13.7. The van der Waals surface area contributed by atoms with E-state index in [9.17, 15) is 4.79 Å². The molecule has 3 N–H and O–H groups in total. The summed E-state index contributed by atoms with van der Waals surface area (Å²) < 4.78 is 0. The number of carbonyl (C=O) groups excluding carboxylic acids is 1. The number of amides is 1. The summed E-state index contributed by atoms with van der Waals surface area (Å²) in [6.45, 7) is 3.12. The first kappa shape index (κ1) is 18.9. The number of aryl methyl sites for hydroxylation is 1. The Labute approximate surface area is 164 Å². The Bertz CT molecular complexity index is 837. The van der Waals surface area contributed by atoms with Gasteiger partial charge in [-0.3, -0.25) is 14.7 Å². The highest BCUT2D eigenvalue weighted by molar-refractivity contribution is 6.04. The number of fused-ring (bicyclic) bond motifs is 4. The number of rotatable bonds is 5. The van der Waals surface area contributed by atoms with Crippen LogP contribution >= 0.6 is 0 Å². The van der Waals surface area contributed by atoms with Crippen molar-refractivity contribution >= 4 is 23.3 Å². The van der Waals surface area contributed by atoms with Crippen molar-refractivity contribution in [1.29, 1.82) is 0 Å². The number of hydrogen-bond acceptors (Lipinski definition) is 4. The summed E-state index contributed by atoms with van der Waals surface area (Å²) in [5.74, 6) is 1.54. The molecule has 1 aromatic carbocycles. The molecule has 6 rings (SSSR count). The van der Waals surface area contributed by atoms with Crippen molar-refractivity contribution in [2.75, 3.05) is 19.6 Å². The van der Waals surface area contributed by atoms with Crippen LogP contribution in [-0.2, 0) is 11.2 Å². The Kier molecular flexibility index (Phi) is 5.62. The van der Waals surface area contributed by atoms with E-state index in [-0.39, 0.29) is 18.4 Å². The number of piperidine rings is 3. The third-order valence-corrected chi connectivity index (χ3v) is 6.35. The van der Waals surface area contributed by atoms with Crippen LogP contribution in [0.15, 0.2) is 18.2 Å². The molecule has 2 bridgehead atoms. The lowest BCUT2D eigenvalue weighted by molar-refractivity contribution is -0.122. The quantitative estimate of drug-likeness (QED) is 0.688. The van der Waals surface area contributed by atoms with E-state index >= 15 is 0 Å². The molecule has 7 nitrogen and oxygen atoms in total. The van der Waals surface area contributed by atoms with Gasteiger partial charge in [0.05, 0.1) is 5.52 Å². The smallest absolute Gasteiger partial charge is 0.290 e. The van der Waals surface area contributed by atoms with Crippen molar-refractivity contribution in [2.24, 2.45) is 11.8 Å². The van der Waals surface area contributed by atoms with Gasteiger partial charge in [0.1, 0.15) is 0 Å². The van der Waals surface area contributed by atoms with Gasteiger partial charge in [-0.15, -0.1) is 0 Å². The third-order valence-electron chi connectivity index (χ3n) is 6.35. The van der Waals surface area contributed by atoms with E-state index < -0.39 is 0 Å². The molecule has 150 valence electrons. The van der Waals surface area contributed by atoms with Crippen molar-refractivity contribution in [2.45, 2.75) is 44.6 Å². The molecule has 3 saturated heterocycles. The number of aromatic amines is 1. The summed E-state index contributed by atoms with van der Waals surface area (Å²) in [6, 6.07) is 6.67. The fraction of sp³-hybridized carbons (Fsp3) is 0.571. The van der Waals surface area contributed by atoms with Crippen molar-refractivity contribution in [1.82, 2.24) is 20.4 Å². The molecule has 0 radical (unpaired) electrons. The number of H-pyrrole nitrogens is 1. The Morgan fingerprint density at radius 2 is 2.04 bits per heavy atom. The van der Waals surface area contributed by atoms with Gasteiger partial charge in [0.15, 0.2) is 5.69 Å². The lowest BCUT2D eigenvalue weighted by atomic mass is 9.84. The highest BCUT2D eigenvalue weighted by atomic mass is 16.3.